The van der Waals surface area contributed by atoms with Crippen LogP contribution in [0.5, 0.6) is 0 Å². The molecule has 0 saturated heterocycles. The van der Waals surface area contributed by atoms with Crippen molar-refractivity contribution in [1.29, 1.82) is 0 Å². The first-order chi connectivity index (χ1) is 12.2. The van der Waals surface area contributed by atoms with Crippen LogP contribution in [0.1, 0.15) is 24.0 Å². The fourth-order valence-corrected chi connectivity index (χ4v) is 3.11. The van der Waals surface area contributed by atoms with Gasteiger partial charge in [-0.15, -0.1) is 0 Å². The smallest absolute Gasteiger partial charge is 0.0207 e. The molecule has 0 aliphatic carbocycles. The molecule has 0 spiro atoms. The standard InChI is InChI=1S/C21H32N4/c22-13-11-20(23)21(24)16-19(15-18-9-5-2-6-10-18)25-14-12-17-7-3-1-4-8-17/h1-10,19-21,25H,11-16,22-24H2. The highest BCUT2D eigenvalue weighted by molar-refractivity contribution is 5.17. The summed E-state index contributed by atoms with van der Waals surface area (Å²) >= 11 is 0. The Morgan fingerprint density at radius 2 is 1.40 bits per heavy atom. The SMILES string of the molecule is NCCC(N)C(N)CC(Cc1ccccc1)NCCc1ccccc1. The van der Waals surface area contributed by atoms with Crippen LogP contribution in [0.2, 0.25) is 0 Å². The molecule has 0 heterocycles. The van der Waals surface area contributed by atoms with Gasteiger partial charge in [0, 0.05) is 18.1 Å². The number of rotatable bonds is 11. The van der Waals surface area contributed by atoms with Gasteiger partial charge in [0.05, 0.1) is 0 Å². The summed E-state index contributed by atoms with van der Waals surface area (Å²) in [6, 6.07) is 21.3. The van der Waals surface area contributed by atoms with E-state index in [9.17, 15) is 0 Å². The molecule has 4 heteroatoms. The normalized spacial score (nSPS) is 14.8. The van der Waals surface area contributed by atoms with Crippen LogP contribution in [0.4, 0.5) is 0 Å². The molecule has 2 rings (SSSR count). The second-order valence-electron chi connectivity index (χ2n) is 6.72. The molecule has 3 unspecified atom stereocenters. The lowest BCUT2D eigenvalue weighted by atomic mass is 9.94. The fourth-order valence-electron chi connectivity index (χ4n) is 3.11. The number of hydrogen-bond acceptors (Lipinski definition) is 4. The molecule has 0 radical (unpaired) electrons. The number of benzene rings is 2. The van der Waals surface area contributed by atoms with E-state index < -0.39 is 0 Å². The maximum atomic E-state index is 6.32. The minimum atomic E-state index is -0.0424. The first kappa shape index (κ1) is 19.6. The van der Waals surface area contributed by atoms with E-state index in [-0.39, 0.29) is 12.1 Å². The molecule has 25 heavy (non-hydrogen) atoms. The van der Waals surface area contributed by atoms with E-state index in [0.717, 1.165) is 32.2 Å². The van der Waals surface area contributed by atoms with Gasteiger partial charge in [0.1, 0.15) is 0 Å². The summed E-state index contributed by atoms with van der Waals surface area (Å²) in [4.78, 5) is 0. The summed E-state index contributed by atoms with van der Waals surface area (Å²) < 4.78 is 0. The minimum absolute atomic E-state index is 0.0403. The predicted octanol–water partition coefficient (Wildman–Crippen LogP) is 1.82. The largest absolute Gasteiger partial charge is 0.330 e. The Balaban J connectivity index is 1.91. The Hall–Kier alpha value is -1.72. The molecule has 0 bridgehead atoms. The molecular formula is C21H32N4. The Kier molecular flexibility index (Phi) is 8.63. The van der Waals surface area contributed by atoms with Crippen LogP contribution in [0.15, 0.2) is 60.7 Å². The fraction of sp³-hybridized carbons (Fsp3) is 0.429. The summed E-state index contributed by atoms with van der Waals surface area (Å²) in [5, 5.41) is 3.68. The van der Waals surface area contributed by atoms with Crippen LogP contribution >= 0.6 is 0 Å². The van der Waals surface area contributed by atoms with Gasteiger partial charge < -0.3 is 22.5 Å². The number of hydrogen-bond donors (Lipinski definition) is 4. The number of nitrogens with two attached hydrogens (primary N) is 3. The van der Waals surface area contributed by atoms with Crippen LogP contribution < -0.4 is 22.5 Å². The van der Waals surface area contributed by atoms with E-state index in [1.165, 1.54) is 11.1 Å². The summed E-state index contributed by atoms with van der Waals surface area (Å²) in [7, 11) is 0. The van der Waals surface area contributed by atoms with Crippen LogP contribution in [0.25, 0.3) is 0 Å². The van der Waals surface area contributed by atoms with Gasteiger partial charge in [-0.05, 0) is 49.9 Å². The summed E-state index contributed by atoms with van der Waals surface area (Å²) in [5.74, 6) is 0. The third-order valence-corrected chi connectivity index (χ3v) is 4.62. The Labute approximate surface area is 151 Å². The molecular weight excluding hydrogens is 308 g/mol. The molecule has 0 fully saturated rings. The van der Waals surface area contributed by atoms with Crippen molar-refractivity contribution in [2.45, 2.75) is 43.8 Å². The average Bonchev–Trinajstić information content (AvgIpc) is 2.63. The van der Waals surface area contributed by atoms with Crippen molar-refractivity contribution in [3.8, 4) is 0 Å². The van der Waals surface area contributed by atoms with Gasteiger partial charge in [0.15, 0.2) is 0 Å². The highest BCUT2D eigenvalue weighted by atomic mass is 14.9. The number of nitrogens with one attached hydrogen (secondary N) is 1. The van der Waals surface area contributed by atoms with Crippen molar-refractivity contribution in [3.63, 3.8) is 0 Å². The first-order valence-corrected chi connectivity index (χ1v) is 9.21. The van der Waals surface area contributed by atoms with Crippen LogP contribution in [-0.4, -0.2) is 31.2 Å². The molecule has 136 valence electrons. The van der Waals surface area contributed by atoms with Crippen LogP contribution in [0.3, 0.4) is 0 Å². The quantitative estimate of drug-likeness (QED) is 0.502. The lowest BCUT2D eigenvalue weighted by Gasteiger charge is -2.26. The third-order valence-electron chi connectivity index (χ3n) is 4.62. The van der Waals surface area contributed by atoms with Gasteiger partial charge in [0.25, 0.3) is 0 Å². The lowest BCUT2D eigenvalue weighted by Crippen LogP contribution is -2.47. The molecule has 2 aromatic rings. The molecule has 0 saturated carbocycles. The zero-order valence-electron chi connectivity index (χ0n) is 15.0. The summed E-state index contributed by atoms with van der Waals surface area (Å²) in [5.41, 5.74) is 20.8. The molecule has 0 aliphatic heterocycles. The third kappa shape index (κ3) is 7.36. The first-order valence-electron chi connectivity index (χ1n) is 9.21. The maximum absolute atomic E-state index is 6.32. The maximum Gasteiger partial charge on any atom is 0.0207 e. The monoisotopic (exact) mass is 340 g/mol. The Bertz CT molecular complexity index is 573. The van der Waals surface area contributed by atoms with Crippen molar-refractivity contribution < 1.29 is 0 Å². The van der Waals surface area contributed by atoms with Crippen LogP contribution in [0, 0.1) is 0 Å². The molecule has 0 amide bonds. The molecule has 3 atom stereocenters. The molecule has 0 aliphatic rings. The van der Waals surface area contributed by atoms with E-state index in [0.29, 0.717) is 12.6 Å². The van der Waals surface area contributed by atoms with E-state index >= 15 is 0 Å². The van der Waals surface area contributed by atoms with E-state index in [1.807, 2.05) is 12.1 Å². The molecule has 4 nitrogen and oxygen atoms in total. The molecule has 7 N–H and O–H groups in total. The van der Waals surface area contributed by atoms with E-state index in [2.05, 4.69) is 53.8 Å². The predicted molar refractivity (Wildman–Crippen MR) is 106 cm³/mol. The van der Waals surface area contributed by atoms with Gasteiger partial charge in [-0.1, -0.05) is 60.7 Å². The molecule has 0 aromatic heterocycles. The summed E-state index contributed by atoms with van der Waals surface area (Å²) in [6.45, 7) is 1.51. The van der Waals surface area contributed by atoms with Crippen molar-refractivity contribution in [3.05, 3.63) is 71.8 Å². The van der Waals surface area contributed by atoms with Gasteiger partial charge in [-0.3, -0.25) is 0 Å². The van der Waals surface area contributed by atoms with Gasteiger partial charge in [-0.2, -0.15) is 0 Å². The second kappa shape index (κ2) is 11.0. The zero-order valence-corrected chi connectivity index (χ0v) is 15.0. The average molecular weight is 341 g/mol. The van der Waals surface area contributed by atoms with E-state index in [4.69, 9.17) is 17.2 Å². The highest BCUT2D eigenvalue weighted by Crippen LogP contribution is 2.10. The summed E-state index contributed by atoms with van der Waals surface area (Å²) in [6.07, 6.45) is 3.59. The highest BCUT2D eigenvalue weighted by Gasteiger charge is 2.18. The van der Waals surface area contributed by atoms with Crippen LogP contribution in [-0.2, 0) is 12.8 Å². The topological polar surface area (TPSA) is 90.1 Å². The van der Waals surface area contributed by atoms with Crippen molar-refractivity contribution in [1.82, 2.24) is 5.32 Å². The van der Waals surface area contributed by atoms with Crippen molar-refractivity contribution in [2.75, 3.05) is 13.1 Å². The van der Waals surface area contributed by atoms with Gasteiger partial charge >= 0.3 is 0 Å². The Morgan fingerprint density at radius 3 is 2.00 bits per heavy atom. The van der Waals surface area contributed by atoms with E-state index in [1.54, 1.807) is 0 Å². The van der Waals surface area contributed by atoms with Crippen molar-refractivity contribution in [2.24, 2.45) is 17.2 Å². The second-order valence-corrected chi connectivity index (χ2v) is 6.72. The van der Waals surface area contributed by atoms with Gasteiger partial charge in [0.2, 0.25) is 0 Å². The van der Waals surface area contributed by atoms with Gasteiger partial charge in [-0.25, -0.2) is 0 Å². The zero-order chi connectivity index (χ0) is 17.9. The minimum Gasteiger partial charge on any atom is -0.330 e. The molecule has 2 aromatic carbocycles. The van der Waals surface area contributed by atoms with Crippen molar-refractivity contribution >= 4 is 0 Å². The Morgan fingerprint density at radius 1 is 0.800 bits per heavy atom. The lowest BCUT2D eigenvalue weighted by molar-refractivity contribution is 0.391.